The number of carbonyl (C=O) groups excluding carboxylic acids is 2. The Morgan fingerprint density at radius 3 is 2.37 bits per heavy atom. The minimum absolute atomic E-state index is 0.174. The van der Waals surface area contributed by atoms with Crippen molar-refractivity contribution in [2.75, 3.05) is 10.6 Å². The van der Waals surface area contributed by atoms with Gasteiger partial charge in [0.2, 0.25) is 11.8 Å². The van der Waals surface area contributed by atoms with Gasteiger partial charge in [0.25, 0.3) is 0 Å². The Morgan fingerprint density at radius 1 is 1.16 bits per heavy atom. The first-order valence-electron chi connectivity index (χ1n) is 5.84. The van der Waals surface area contributed by atoms with E-state index < -0.39 is 0 Å². The summed E-state index contributed by atoms with van der Waals surface area (Å²) < 4.78 is 0. The number of nitrogens with zero attached hydrogens (tertiary/aromatic N) is 1. The summed E-state index contributed by atoms with van der Waals surface area (Å²) in [5.74, 6) is -0.348. The van der Waals surface area contributed by atoms with Crippen LogP contribution in [0.25, 0.3) is 10.2 Å². The first-order valence-corrected chi connectivity index (χ1v) is 6.66. The molecule has 6 heteroatoms. The van der Waals surface area contributed by atoms with Gasteiger partial charge in [0, 0.05) is 24.9 Å². The number of amides is 2. The van der Waals surface area contributed by atoms with Gasteiger partial charge in [-0.1, -0.05) is 11.3 Å². The molecule has 0 bridgehead atoms. The highest BCUT2D eigenvalue weighted by Crippen LogP contribution is 2.41. The zero-order valence-electron chi connectivity index (χ0n) is 11.2. The van der Waals surface area contributed by atoms with E-state index >= 15 is 0 Å². The van der Waals surface area contributed by atoms with Gasteiger partial charge in [-0.2, -0.15) is 0 Å². The van der Waals surface area contributed by atoms with Crippen molar-refractivity contribution in [3.8, 4) is 0 Å². The second-order valence-corrected chi connectivity index (χ2v) is 5.43. The number of pyridine rings is 1. The van der Waals surface area contributed by atoms with Gasteiger partial charge < -0.3 is 10.6 Å². The van der Waals surface area contributed by atoms with Gasteiger partial charge in [0.1, 0.15) is 9.83 Å². The minimum Gasteiger partial charge on any atom is -0.323 e. The SMILES string of the molecule is CC(=O)Nc1sc2nc(C)cc(C)c2c1NC(C)=O. The molecular formula is C13H15N3O2S. The number of thiophene rings is 1. The smallest absolute Gasteiger partial charge is 0.221 e. The van der Waals surface area contributed by atoms with Crippen LogP contribution in [0, 0.1) is 13.8 Å². The maximum atomic E-state index is 11.3. The molecule has 0 fully saturated rings. The molecule has 2 N–H and O–H groups in total. The second-order valence-electron chi connectivity index (χ2n) is 4.43. The number of fused-ring (bicyclic) bond motifs is 1. The quantitative estimate of drug-likeness (QED) is 0.886. The summed E-state index contributed by atoms with van der Waals surface area (Å²) in [6, 6.07) is 1.96. The van der Waals surface area contributed by atoms with E-state index in [1.54, 1.807) is 0 Å². The summed E-state index contributed by atoms with van der Waals surface area (Å²) in [6.07, 6.45) is 0. The fraction of sp³-hybridized carbons (Fsp3) is 0.308. The highest BCUT2D eigenvalue weighted by atomic mass is 32.1. The van der Waals surface area contributed by atoms with Gasteiger partial charge in [-0.25, -0.2) is 4.98 Å². The van der Waals surface area contributed by atoms with E-state index in [1.807, 2.05) is 19.9 Å². The summed E-state index contributed by atoms with van der Waals surface area (Å²) in [5, 5.41) is 7.03. The number of rotatable bonds is 2. The van der Waals surface area contributed by atoms with Crippen LogP contribution in [0.4, 0.5) is 10.7 Å². The van der Waals surface area contributed by atoms with E-state index in [9.17, 15) is 9.59 Å². The van der Waals surface area contributed by atoms with Crippen molar-refractivity contribution >= 4 is 44.1 Å². The monoisotopic (exact) mass is 277 g/mol. The van der Waals surface area contributed by atoms with Crippen molar-refractivity contribution in [1.29, 1.82) is 0 Å². The number of carbonyl (C=O) groups is 2. The molecule has 0 aromatic carbocycles. The number of aryl methyl sites for hydroxylation is 2. The lowest BCUT2D eigenvalue weighted by molar-refractivity contribution is -0.115. The maximum absolute atomic E-state index is 11.3. The van der Waals surface area contributed by atoms with Crippen molar-refractivity contribution in [3.63, 3.8) is 0 Å². The lowest BCUT2D eigenvalue weighted by Crippen LogP contribution is -2.10. The fourth-order valence-corrected chi connectivity index (χ4v) is 3.18. The van der Waals surface area contributed by atoms with Crippen LogP contribution in [-0.2, 0) is 9.59 Å². The van der Waals surface area contributed by atoms with Gasteiger partial charge in [0.05, 0.1) is 5.69 Å². The molecule has 2 aromatic heterocycles. The number of nitrogens with one attached hydrogen (secondary N) is 2. The molecule has 0 unspecified atom stereocenters. The number of anilines is 2. The molecule has 0 saturated heterocycles. The molecule has 2 rings (SSSR count). The zero-order chi connectivity index (χ0) is 14.2. The number of aromatic nitrogens is 1. The van der Waals surface area contributed by atoms with E-state index in [2.05, 4.69) is 15.6 Å². The third-order valence-electron chi connectivity index (χ3n) is 2.58. The Balaban J connectivity index is 2.69. The lowest BCUT2D eigenvalue weighted by Gasteiger charge is -2.06. The molecule has 0 spiro atoms. The Labute approximate surface area is 115 Å². The van der Waals surface area contributed by atoms with Crippen molar-refractivity contribution in [3.05, 3.63) is 17.3 Å². The molecule has 0 aliphatic carbocycles. The molecule has 0 saturated carbocycles. The summed E-state index contributed by atoms with van der Waals surface area (Å²) in [5.41, 5.74) is 2.57. The Bertz CT molecular complexity index is 676. The van der Waals surface area contributed by atoms with Crippen LogP contribution in [0.5, 0.6) is 0 Å². The van der Waals surface area contributed by atoms with E-state index in [-0.39, 0.29) is 11.8 Å². The van der Waals surface area contributed by atoms with E-state index in [1.165, 1.54) is 25.2 Å². The average molecular weight is 277 g/mol. The highest BCUT2D eigenvalue weighted by Gasteiger charge is 2.17. The van der Waals surface area contributed by atoms with Crippen LogP contribution in [0.15, 0.2) is 6.07 Å². The first kappa shape index (κ1) is 13.5. The van der Waals surface area contributed by atoms with Crippen LogP contribution in [0.3, 0.4) is 0 Å². The summed E-state index contributed by atoms with van der Waals surface area (Å²) in [4.78, 5) is 27.8. The minimum atomic E-state index is -0.175. The van der Waals surface area contributed by atoms with Gasteiger partial charge in [-0.15, -0.1) is 0 Å². The largest absolute Gasteiger partial charge is 0.323 e. The molecule has 0 aliphatic rings. The molecule has 0 atom stereocenters. The Hall–Kier alpha value is -1.95. The molecule has 100 valence electrons. The van der Waals surface area contributed by atoms with Gasteiger partial charge in [-0.3, -0.25) is 9.59 Å². The van der Waals surface area contributed by atoms with Crippen molar-refractivity contribution in [2.24, 2.45) is 0 Å². The summed E-state index contributed by atoms with van der Waals surface area (Å²) >= 11 is 1.36. The predicted molar refractivity (Wildman–Crippen MR) is 77.7 cm³/mol. The van der Waals surface area contributed by atoms with Crippen LogP contribution in [0.1, 0.15) is 25.1 Å². The van der Waals surface area contributed by atoms with Crippen LogP contribution < -0.4 is 10.6 Å². The molecular weight excluding hydrogens is 262 g/mol. The normalized spacial score (nSPS) is 10.5. The third-order valence-corrected chi connectivity index (χ3v) is 3.58. The molecule has 2 amide bonds. The average Bonchev–Trinajstić information content (AvgIpc) is 2.54. The summed E-state index contributed by atoms with van der Waals surface area (Å²) in [7, 11) is 0. The van der Waals surface area contributed by atoms with Crippen molar-refractivity contribution < 1.29 is 9.59 Å². The highest BCUT2D eigenvalue weighted by molar-refractivity contribution is 7.23. The molecule has 0 radical (unpaired) electrons. The second kappa shape index (κ2) is 4.97. The third kappa shape index (κ3) is 2.73. The Kier molecular flexibility index (Phi) is 3.53. The zero-order valence-corrected chi connectivity index (χ0v) is 12.1. The lowest BCUT2D eigenvalue weighted by atomic mass is 10.1. The number of hydrogen-bond donors (Lipinski definition) is 2. The standard InChI is InChI=1S/C13H15N3O2S/c1-6-5-7(2)14-12-10(6)11(15-8(3)17)13(19-12)16-9(4)18/h5H,1-4H3,(H,15,17)(H,16,18). The first-order chi connectivity index (χ1) is 8.88. The maximum Gasteiger partial charge on any atom is 0.221 e. The molecule has 2 aromatic rings. The molecule has 0 aliphatic heterocycles. The van der Waals surface area contributed by atoms with Crippen LogP contribution >= 0.6 is 11.3 Å². The van der Waals surface area contributed by atoms with E-state index in [0.717, 1.165) is 21.5 Å². The number of hydrogen-bond acceptors (Lipinski definition) is 4. The van der Waals surface area contributed by atoms with Crippen molar-refractivity contribution in [2.45, 2.75) is 27.7 Å². The molecule has 5 nitrogen and oxygen atoms in total. The fourth-order valence-electron chi connectivity index (χ4n) is 1.98. The van der Waals surface area contributed by atoms with Crippen LogP contribution in [0.2, 0.25) is 0 Å². The summed E-state index contributed by atoms with van der Waals surface area (Å²) in [6.45, 7) is 6.76. The predicted octanol–water partition coefficient (Wildman–Crippen LogP) is 2.83. The van der Waals surface area contributed by atoms with Crippen LogP contribution in [-0.4, -0.2) is 16.8 Å². The van der Waals surface area contributed by atoms with Gasteiger partial charge >= 0.3 is 0 Å². The molecule has 2 heterocycles. The van der Waals surface area contributed by atoms with Gasteiger partial charge in [-0.05, 0) is 25.5 Å². The van der Waals surface area contributed by atoms with E-state index in [0.29, 0.717) is 10.7 Å². The molecule has 19 heavy (non-hydrogen) atoms. The van der Waals surface area contributed by atoms with E-state index in [4.69, 9.17) is 0 Å². The topological polar surface area (TPSA) is 71.1 Å². The van der Waals surface area contributed by atoms with Crippen molar-refractivity contribution in [1.82, 2.24) is 4.98 Å². The Morgan fingerprint density at radius 2 is 1.79 bits per heavy atom. The van der Waals surface area contributed by atoms with Gasteiger partial charge in [0.15, 0.2) is 0 Å².